The van der Waals surface area contributed by atoms with Gasteiger partial charge in [-0.1, -0.05) is 45.9 Å². The minimum absolute atomic E-state index is 0.214. The number of ether oxygens (including phenoxy) is 3. The van der Waals surface area contributed by atoms with Gasteiger partial charge >= 0.3 is 0 Å². The van der Waals surface area contributed by atoms with Crippen molar-refractivity contribution in [1.29, 1.82) is 0 Å². The number of hydrogen-bond donors (Lipinski definition) is 1. The van der Waals surface area contributed by atoms with E-state index < -0.39 is 16.4 Å². The van der Waals surface area contributed by atoms with Crippen molar-refractivity contribution in [2.24, 2.45) is 10.8 Å². The summed E-state index contributed by atoms with van der Waals surface area (Å²) in [5, 5.41) is 12.4. The van der Waals surface area contributed by atoms with Crippen LogP contribution in [-0.2, 0) is 5.60 Å². The van der Waals surface area contributed by atoms with Gasteiger partial charge in [0.05, 0.1) is 21.3 Å². The van der Waals surface area contributed by atoms with Gasteiger partial charge in [0, 0.05) is 54.3 Å². The Balaban J connectivity index is 1.64. The van der Waals surface area contributed by atoms with E-state index in [2.05, 4.69) is 67.8 Å². The minimum Gasteiger partial charge on any atom is -0.493 e. The van der Waals surface area contributed by atoms with E-state index in [0.29, 0.717) is 17.2 Å². The van der Waals surface area contributed by atoms with E-state index >= 15 is 0 Å². The first kappa shape index (κ1) is 23.7. The summed E-state index contributed by atoms with van der Waals surface area (Å²) >= 11 is 0. The van der Waals surface area contributed by atoms with Crippen LogP contribution >= 0.6 is 0 Å². The molecular weight excluding hydrogens is 416 g/mol. The zero-order valence-corrected chi connectivity index (χ0v) is 21.0. The van der Waals surface area contributed by atoms with Crippen LogP contribution in [0.15, 0.2) is 42.5 Å². The molecule has 1 aliphatic heterocycles. The third-order valence-corrected chi connectivity index (χ3v) is 8.13. The molecule has 33 heavy (non-hydrogen) atoms. The highest BCUT2D eigenvalue weighted by Crippen LogP contribution is 2.70. The lowest BCUT2D eigenvalue weighted by Gasteiger charge is -2.72. The van der Waals surface area contributed by atoms with E-state index in [-0.39, 0.29) is 6.04 Å². The van der Waals surface area contributed by atoms with E-state index in [0.717, 1.165) is 31.7 Å². The van der Waals surface area contributed by atoms with E-state index in [9.17, 15) is 5.11 Å². The fourth-order valence-corrected chi connectivity index (χ4v) is 6.92. The number of benzene rings is 2. The first-order chi connectivity index (χ1) is 15.6. The Morgan fingerprint density at radius 1 is 0.758 bits per heavy atom. The van der Waals surface area contributed by atoms with Gasteiger partial charge in [-0.3, -0.25) is 4.90 Å². The van der Waals surface area contributed by atoms with Gasteiger partial charge in [0.1, 0.15) is 5.60 Å². The largest absolute Gasteiger partial charge is 0.493 e. The molecule has 0 aromatic heterocycles. The van der Waals surface area contributed by atoms with Crippen molar-refractivity contribution in [3.63, 3.8) is 0 Å². The highest BCUT2D eigenvalue weighted by molar-refractivity contribution is 5.59. The van der Waals surface area contributed by atoms with Crippen molar-refractivity contribution in [3.8, 4) is 17.2 Å². The van der Waals surface area contributed by atoms with Crippen LogP contribution in [0.4, 0.5) is 5.69 Å². The number of piperazine rings is 1. The molecule has 0 amide bonds. The number of rotatable bonds is 6. The monoisotopic (exact) mass is 454 g/mol. The molecule has 0 unspecified atom stereocenters. The van der Waals surface area contributed by atoms with Crippen LogP contribution < -0.4 is 19.1 Å². The molecule has 2 fully saturated rings. The van der Waals surface area contributed by atoms with Crippen molar-refractivity contribution in [1.82, 2.24) is 4.90 Å². The summed E-state index contributed by atoms with van der Waals surface area (Å²) in [7, 11) is 4.82. The fourth-order valence-electron chi connectivity index (χ4n) is 6.92. The Morgan fingerprint density at radius 2 is 1.33 bits per heavy atom. The summed E-state index contributed by atoms with van der Waals surface area (Å²) in [5.41, 5.74) is 0.107. The number of anilines is 1. The molecule has 2 aliphatic rings. The van der Waals surface area contributed by atoms with E-state index in [1.807, 2.05) is 12.1 Å². The SMILES string of the molecule is COc1ccc(C2(O)C(C)(C)C(N3CCN(c4ccccc4)CC3)C2(C)C)c(OC)c1OC. The zero-order chi connectivity index (χ0) is 24.0. The second-order valence-corrected chi connectivity index (χ2v) is 10.3. The molecule has 1 aliphatic carbocycles. The van der Waals surface area contributed by atoms with Crippen LogP contribution in [0.3, 0.4) is 0 Å². The minimum atomic E-state index is -1.11. The Kier molecular flexibility index (Phi) is 6.04. The standard InChI is InChI=1S/C27H38N2O4/c1-25(2)24(29-17-15-28(16-18-29)19-11-9-8-10-12-19)26(3,4)27(25,30)20-13-14-21(31-5)23(33-7)22(20)32-6/h8-14,24,30H,15-18H2,1-7H3. The molecule has 4 rings (SSSR count). The summed E-state index contributed by atoms with van der Waals surface area (Å²) in [6.45, 7) is 12.6. The second kappa shape index (κ2) is 8.41. The Bertz CT molecular complexity index is 965. The van der Waals surface area contributed by atoms with Crippen molar-refractivity contribution < 1.29 is 19.3 Å². The predicted octanol–water partition coefficient (Wildman–Crippen LogP) is 4.16. The summed E-state index contributed by atoms with van der Waals surface area (Å²) in [6, 6.07) is 14.6. The normalized spacial score (nSPS) is 26.4. The maximum atomic E-state index is 12.4. The van der Waals surface area contributed by atoms with Crippen molar-refractivity contribution in [2.75, 3.05) is 52.4 Å². The lowest BCUT2D eigenvalue weighted by atomic mass is 9.39. The van der Waals surface area contributed by atoms with Crippen molar-refractivity contribution in [3.05, 3.63) is 48.0 Å². The molecule has 1 saturated heterocycles. The lowest BCUT2D eigenvalue weighted by molar-refractivity contribution is -0.308. The molecule has 2 aromatic carbocycles. The first-order valence-electron chi connectivity index (χ1n) is 11.7. The van der Waals surface area contributed by atoms with E-state index in [1.54, 1.807) is 21.3 Å². The fraction of sp³-hybridized carbons (Fsp3) is 0.556. The molecule has 6 heteroatoms. The van der Waals surface area contributed by atoms with Gasteiger partial charge in [0.2, 0.25) is 5.75 Å². The van der Waals surface area contributed by atoms with Gasteiger partial charge in [-0.05, 0) is 24.3 Å². The number of nitrogens with zero attached hydrogens (tertiary/aromatic N) is 2. The predicted molar refractivity (Wildman–Crippen MR) is 132 cm³/mol. The number of para-hydroxylation sites is 1. The second-order valence-electron chi connectivity index (χ2n) is 10.3. The van der Waals surface area contributed by atoms with Crippen molar-refractivity contribution >= 4 is 5.69 Å². The number of aliphatic hydroxyl groups is 1. The Labute approximate surface area is 198 Å². The number of hydrogen-bond acceptors (Lipinski definition) is 6. The highest BCUT2D eigenvalue weighted by atomic mass is 16.5. The summed E-state index contributed by atoms with van der Waals surface area (Å²) in [5.74, 6) is 1.63. The summed E-state index contributed by atoms with van der Waals surface area (Å²) < 4.78 is 16.9. The average Bonchev–Trinajstić information content (AvgIpc) is 2.82. The maximum Gasteiger partial charge on any atom is 0.203 e. The van der Waals surface area contributed by atoms with Crippen molar-refractivity contribution in [2.45, 2.75) is 39.3 Å². The van der Waals surface area contributed by atoms with Gasteiger partial charge in [-0.25, -0.2) is 0 Å². The quantitative estimate of drug-likeness (QED) is 0.708. The molecule has 0 bridgehead atoms. The van der Waals surface area contributed by atoms with Crippen LogP contribution in [0.5, 0.6) is 17.2 Å². The van der Waals surface area contributed by atoms with Crippen LogP contribution in [0.25, 0.3) is 0 Å². The number of methoxy groups -OCH3 is 3. The lowest BCUT2D eigenvalue weighted by Crippen LogP contribution is -2.79. The average molecular weight is 455 g/mol. The molecule has 0 atom stereocenters. The van der Waals surface area contributed by atoms with Gasteiger partial charge in [0.15, 0.2) is 11.5 Å². The zero-order valence-electron chi connectivity index (χ0n) is 21.0. The molecule has 6 nitrogen and oxygen atoms in total. The molecule has 1 saturated carbocycles. The van der Waals surface area contributed by atoms with Gasteiger partial charge in [-0.2, -0.15) is 0 Å². The van der Waals surface area contributed by atoms with Crippen LogP contribution in [0, 0.1) is 10.8 Å². The third kappa shape index (κ3) is 3.29. The van der Waals surface area contributed by atoms with Crippen LogP contribution in [0.1, 0.15) is 33.3 Å². The first-order valence-corrected chi connectivity index (χ1v) is 11.7. The molecule has 2 aromatic rings. The van der Waals surface area contributed by atoms with E-state index in [4.69, 9.17) is 14.2 Å². The molecule has 1 N–H and O–H groups in total. The van der Waals surface area contributed by atoms with Gasteiger partial charge < -0.3 is 24.2 Å². The molecule has 0 radical (unpaired) electrons. The molecular formula is C27H38N2O4. The van der Waals surface area contributed by atoms with E-state index in [1.165, 1.54) is 5.69 Å². The highest BCUT2D eigenvalue weighted by Gasteiger charge is 2.74. The Morgan fingerprint density at radius 3 is 1.85 bits per heavy atom. The van der Waals surface area contributed by atoms with Gasteiger partial charge in [-0.15, -0.1) is 0 Å². The molecule has 1 heterocycles. The third-order valence-electron chi connectivity index (χ3n) is 8.13. The summed E-state index contributed by atoms with van der Waals surface area (Å²) in [6.07, 6.45) is 0. The molecule has 0 spiro atoms. The van der Waals surface area contributed by atoms with Gasteiger partial charge in [0.25, 0.3) is 0 Å². The topological polar surface area (TPSA) is 54.4 Å². The summed E-state index contributed by atoms with van der Waals surface area (Å²) in [4.78, 5) is 5.00. The molecule has 180 valence electrons. The van der Waals surface area contributed by atoms with Crippen LogP contribution in [0.2, 0.25) is 0 Å². The van der Waals surface area contributed by atoms with Crippen LogP contribution in [-0.4, -0.2) is 63.6 Å². The Hall–Kier alpha value is -2.44. The maximum absolute atomic E-state index is 12.4. The smallest absolute Gasteiger partial charge is 0.203 e.